The van der Waals surface area contributed by atoms with Crippen LogP contribution in [0.25, 0.3) is 0 Å². The van der Waals surface area contributed by atoms with E-state index in [1.54, 1.807) is 11.8 Å². The summed E-state index contributed by atoms with van der Waals surface area (Å²) in [6, 6.07) is 4.13. The first-order valence-electron chi connectivity index (χ1n) is 7.96. The number of hydrogen-bond acceptors (Lipinski definition) is 5. The van der Waals surface area contributed by atoms with Crippen molar-refractivity contribution in [2.75, 3.05) is 18.8 Å². The fourth-order valence-electron chi connectivity index (χ4n) is 2.78. The van der Waals surface area contributed by atoms with E-state index in [0.29, 0.717) is 23.7 Å². The molecule has 0 aromatic carbocycles. The second-order valence-electron chi connectivity index (χ2n) is 6.01. The lowest BCUT2D eigenvalue weighted by Gasteiger charge is -2.31. The summed E-state index contributed by atoms with van der Waals surface area (Å²) >= 11 is 1.29. The van der Waals surface area contributed by atoms with Gasteiger partial charge in [0.2, 0.25) is 11.8 Å². The summed E-state index contributed by atoms with van der Waals surface area (Å²) in [6.45, 7) is 6.69. The Morgan fingerprint density at radius 1 is 1.42 bits per heavy atom. The van der Waals surface area contributed by atoms with Gasteiger partial charge in [-0.1, -0.05) is 11.8 Å². The lowest BCUT2D eigenvalue weighted by atomic mass is 10.1. The number of carbonyl (C=O) groups is 2. The van der Waals surface area contributed by atoms with Crippen molar-refractivity contribution in [1.29, 1.82) is 5.26 Å². The maximum atomic E-state index is 12.1. The van der Waals surface area contributed by atoms with E-state index in [1.807, 2.05) is 19.9 Å². The molecule has 0 saturated carbocycles. The zero-order valence-electron chi connectivity index (χ0n) is 14.3. The Balaban J connectivity index is 1.86. The molecule has 1 saturated heterocycles. The van der Waals surface area contributed by atoms with Crippen molar-refractivity contribution >= 4 is 23.6 Å². The highest BCUT2D eigenvalue weighted by Gasteiger charge is 2.22. The molecule has 24 heavy (non-hydrogen) atoms. The monoisotopic (exact) mass is 346 g/mol. The van der Waals surface area contributed by atoms with Gasteiger partial charge in [0.15, 0.2) is 0 Å². The van der Waals surface area contributed by atoms with Gasteiger partial charge < -0.3 is 10.2 Å². The molecular weight excluding hydrogens is 324 g/mol. The average molecular weight is 346 g/mol. The third-order valence-corrected chi connectivity index (χ3v) is 5.04. The third kappa shape index (κ3) is 4.71. The number of hydrogen-bond donors (Lipinski definition) is 1. The van der Waals surface area contributed by atoms with Gasteiger partial charge >= 0.3 is 0 Å². The minimum atomic E-state index is -0.0638. The van der Waals surface area contributed by atoms with Gasteiger partial charge in [0, 0.05) is 31.7 Å². The Kier molecular flexibility index (Phi) is 6.21. The summed E-state index contributed by atoms with van der Waals surface area (Å²) < 4.78 is 0. The molecule has 7 heteroatoms. The fraction of sp³-hybridized carbons (Fsp3) is 0.529. The standard InChI is InChI=1S/C17H22N4O2S/c1-11-8-12(2)19-17(15(11)9-18)24-10-16(23)20-14-4-6-21(7-5-14)13(3)22/h8,14H,4-7,10H2,1-3H3,(H,20,23). The fourth-order valence-corrected chi connectivity index (χ4v) is 3.70. The first kappa shape index (κ1) is 18.3. The Labute approximate surface area is 146 Å². The van der Waals surface area contributed by atoms with E-state index >= 15 is 0 Å². The molecule has 0 atom stereocenters. The summed E-state index contributed by atoms with van der Waals surface area (Å²) in [6.07, 6.45) is 1.56. The number of likely N-dealkylation sites (tertiary alicyclic amines) is 1. The highest BCUT2D eigenvalue weighted by molar-refractivity contribution is 8.00. The molecular formula is C17H22N4O2S. The Morgan fingerprint density at radius 3 is 2.67 bits per heavy atom. The van der Waals surface area contributed by atoms with E-state index in [1.165, 1.54) is 11.8 Å². The summed E-state index contributed by atoms with van der Waals surface area (Å²) in [7, 11) is 0. The van der Waals surface area contributed by atoms with E-state index < -0.39 is 0 Å². The van der Waals surface area contributed by atoms with Crippen molar-refractivity contribution in [3.8, 4) is 6.07 Å². The minimum absolute atomic E-state index is 0.0638. The summed E-state index contributed by atoms with van der Waals surface area (Å²) in [5.74, 6) is 0.253. The highest BCUT2D eigenvalue weighted by Crippen LogP contribution is 2.23. The molecule has 1 aliphatic rings. The number of carbonyl (C=O) groups excluding carboxylic acids is 2. The number of aromatic nitrogens is 1. The topological polar surface area (TPSA) is 86.1 Å². The van der Waals surface area contributed by atoms with E-state index in [-0.39, 0.29) is 23.6 Å². The molecule has 0 bridgehead atoms. The van der Waals surface area contributed by atoms with Crippen molar-refractivity contribution in [3.63, 3.8) is 0 Å². The average Bonchev–Trinajstić information content (AvgIpc) is 2.53. The van der Waals surface area contributed by atoms with E-state index in [9.17, 15) is 14.9 Å². The van der Waals surface area contributed by atoms with Crippen LogP contribution in [0, 0.1) is 25.2 Å². The Hall–Kier alpha value is -2.07. The van der Waals surface area contributed by atoms with Crippen LogP contribution in [0.4, 0.5) is 0 Å². The maximum Gasteiger partial charge on any atom is 0.230 e. The van der Waals surface area contributed by atoms with Gasteiger partial charge in [-0.15, -0.1) is 0 Å². The van der Waals surface area contributed by atoms with Crippen molar-refractivity contribution in [2.45, 2.75) is 44.7 Å². The number of pyridine rings is 1. The molecule has 1 N–H and O–H groups in total. The molecule has 1 fully saturated rings. The molecule has 0 radical (unpaired) electrons. The number of amides is 2. The van der Waals surface area contributed by atoms with Crippen LogP contribution in [0.5, 0.6) is 0 Å². The molecule has 6 nitrogen and oxygen atoms in total. The number of thioether (sulfide) groups is 1. The van der Waals surface area contributed by atoms with Gasteiger partial charge in [-0.25, -0.2) is 4.98 Å². The lowest BCUT2D eigenvalue weighted by Crippen LogP contribution is -2.46. The second-order valence-corrected chi connectivity index (χ2v) is 6.97. The molecule has 0 spiro atoms. The van der Waals surface area contributed by atoms with Crippen LogP contribution in [-0.4, -0.2) is 46.6 Å². The van der Waals surface area contributed by atoms with E-state index in [0.717, 1.165) is 24.1 Å². The molecule has 1 aromatic rings. The summed E-state index contributed by atoms with van der Waals surface area (Å²) in [4.78, 5) is 29.6. The van der Waals surface area contributed by atoms with Gasteiger partial charge in [0.25, 0.3) is 0 Å². The van der Waals surface area contributed by atoms with Crippen LogP contribution in [0.15, 0.2) is 11.1 Å². The molecule has 2 amide bonds. The number of aryl methyl sites for hydroxylation is 2. The van der Waals surface area contributed by atoms with Crippen molar-refractivity contribution < 1.29 is 9.59 Å². The van der Waals surface area contributed by atoms with Gasteiger partial charge in [-0.05, 0) is 38.3 Å². The molecule has 2 rings (SSSR count). The number of nitrogens with one attached hydrogen (secondary N) is 1. The van der Waals surface area contributed by atoms with Crippen LogP contribution in [0.1, 0.15) is 36.6 Å². The maximum absolute atomic E-state index is 12.1. The predicted molar refractivity (Wildman–Crippen MR) is 92.6 cm³/mol. The molecule has 1 aliphatic heterocycles. The van der Waals surface area contributed by atoms with Crippen LogP contribution < -0.4 is 5.32 Å². The van der Waals surface area contributed by atoms with Crippen molar-refractivity contribution in [3.05, 3.63) is 22.9 Å². The largest absolute Gasteiger partial charge is 0.353 e. The molecule has 128 valence electrons. The van der Waals surface area contributed by atoms with Crippen LogP contribution in [0.2, 0.25) is 0 Å². The molecule has 0 unspecified atom stereocenters. The van der Waals surface area contributed by atoms with Crippen LogP contribution >= 0.6 is 11.8 Å². The normalized spacial score (nSPS) is 15.0. The molecule has 1 aromatic heterocycles. The second kappa shape index (κ2) is 8.15. The SMILES string of the molecule is CC(=O)N1CCC(NC(=O)CSc2nc(C)cc(C)c2C#N)CC1. The van der Waals surface area contributed by atoms with E-state index in [4.69, 9.17) is 0 Å². The van der Waals surface area contributed by atoms with Gasteiger partial charge in [-0.3, -0.25) is 9.59 Å². The quantitative estimate of drug-likeness (QED) is 0.840. The number of nitriles is 1. The third-order valence-electron chi connectivity index (χ3n) is 4.07. The lowest BCUT2D eigenvalue weighted by molar-refractivity contribution is -0.130. The Bertz CT molecular complexity index is 676. The smallest absolute Gasteiger partial charge is 0.230 e. The first-order valence-corrected chi connectivity index (χ1v) is 8.95. The van der Waals surface area contributed by atoms with Crippen LogP contribution in [0.3, 0.4) is 0 Å². The Morgan fingerprint density at radius 2 is 2.08 bits per heavy atom. The molecule has 0 aliphatic carbocycles. The van der Waals surface area contributed by atoms with Gasteiger partial charge in [-0.2, -0.15) is 5.26 Å². The van der Waals surface area contributed by atoms with Gasteiger partial charge in [0.05, 0.1) is 11.3 Å². The zero-order valence-corrected chi connectivity index (χ0v) is 15.1. The predicted octanol–water partition coefficient (Wildman–Crippen LogP) is 1.79. The van der Waals surface area contributed by atoms with Crippen molar-refractivity contribution in [2.24, 2.45) is 0 Å². The zero-order chi connectivity index (χ0) is 17.7. The van der Waals surface area contributed by atoms with E-state index in [2.05, 4.69) is 16.4 Å². The number of piperidine rings is 1. The number of rotatable bonds is 4. The van der Waals surface area contributed by atoms with Crippen LogP contribution in [-0.2, 0) is 9.59 Å². The highest BCUT2D eigenvalue weighted by atomic mass is 32.2. The summed E-state index contributed by atoms with van der Waals surface area (Å²) in [5.41, 5.74) is 2.25. The minimum Gasteiger partial charge on any atom is -0.353 e. The first-order chi connectivity index (χ1) is 11.4. The summed E-state index contributed by atoms with van der Waals surface area (Å²) in [5, 5.41) is 12.9. The molecule has 2 heterocycles. The van der Waals surface area contributed by atoms with Gasteiger partial charge in [0.1, 0.15) is 11.1 Å². The number of nitrogens with zero attached hydrogens (tertiary/aromatic N) is 3. The van der Waals surface area contributed by atoms with Crippen molar-refractivity contribution in [1.82, 2.24) is 15.2 Å².